The summed E-state index contributed by atoms with van der Waals surface area (Å²) in [7, 11) is 1.47. The average Bonchev–Trinajstić information content (AvgIpc) is 2.87. The molecule has 0 saturated carbocycles. The number of hydrogen-bond donors (Lipinski definition) is 1. The van der Waals surface area contributed by atoms with Crippen LogP contribution in [-0.4, -0.2) is 42.5 Å². The molecular weight excluding hydrogens is 335 g/mol. The Morgan fingerprint density at radius 2 is 1.88 bits per heavy atom. The number of carbonyl (C=O) groups is 2. The van der Waals surface area contributed by atoms with Crippen LogP contribution >= 0.6 is 0 Å². The summed E-state index contributed by atoms with van der Waals surface area (Å²) in [5.41, 5.74) is -0.270. The molecule has 138 valence electrons. The van der Waals surface area contributed by atoms with Gasteiger partial charge in [0.1, 0.15) is 6.54 Å². The number of likely N-dealkylation sites (N-methyl/N-ethyl adjacent to an activating group) is 1. The second kappa shape index (κ2) is 6.57. The topological polar surface area (TPSA) is 52.7 Å². The molecule has 0 atom stereocenters. The Kier molecular flexibility index (Phi) is 5.02. The predicted octanol–water partition coefficient (Wildman–Crippen LogP) is 3.03. The summed E-state index contributed by atoms with van der Waals surface area (Å²) in [5.74, 6) is -0.412. The van der Waals surface area contributed by atoms with E-state index in [-0.39, 0.29) is 12.2 Å². The highest BCUT2D eigenvalue weighted by Crippen LogP contribution is 2.36. The number of hydrogen-bond acceptors (Lipinski definition) is 2. The maximum atomic E-state index is 12.9. The lowest BCUT2D eigenvalue weighted by atomic mass is 10.1. The number of amides is 3. The Labute approximate surface area is 144 Å². The highest BCUT2D eigenvalue weighted by Gasteiger charge is 2.34. The number of benzene rings is 1. The van der Waals surface area contributed by atoms with Gasteiger partial charge in [0, 0.05) is 24.8 Å². The molecule has 1 aromatic carbocycles. The Bertz CT molecular complexity index is 681. The van der Waals surface area contributed by atoms with E-state index in [1.165, 1.54) is 22.9 Å². The molecule has 8 heteroatoms. The lowest BCUT2D eigenvalue weighted by molar-refractivity contribution is -0.137. The minimum absolute atomic E-state index is 0.211. The van der Waals surface area contributed by atoms with Crippen molar-refractivity contribution < 1.29 is 22.8 Å². The molecule has 5 nitrogen and oxygen atoms in total. The fraction of sp³-hybridized carbons (Fsp3) is 0.529. The van der Waals surface area contributed by atoms with Gasteiger partial charge < -0.3 is 15.1 Å². The highest BCUT2D eigenvalue weighted by atomic mass is 19.4. The van der Waals surface area contributed by atoms with Crippen LogP contribution in [0.3, 0.4) is 0 Å². The van der Waals surface area contributed by atoms with E-state index in [4.69, 9.17) is 0 Å². The van der Waals surface area contributed by atoms with Crippen LogP contribution in [-0.2, 0) is 17.4 Å². The molecule has 0 spiro atoms. The number of nitrogens with one attached hydrogen (secondary N) is 1. The normalized spacial score (nSPS) is 14.3. The molecule has 1 aliphatic heterocycles. The number of fused-ring (bicyclic) bond motifs is 1. The molecule has 1 aromatic rings. The third-order valence-corrected chi connectivity index (χ3v) is 3.81. The third kappa shape index (κ3) is 4.64. The van der Waals surface area contributed by atoms with E-state index < -0.39 is 29.2 Å². The van der Waals surface area contributed by atoms with Crippen LogP contribution in [0.25, 0.3) is 0 Å². The van der Waals surface area contributed by atoms with Gasteiger partial charge in [-0.25, -0.2) is 4.79 Å². The molecule has 0 bridgehead atoms. The zero-order chi connectivity index (χ0) is 19.0. The third-order valence-electron chi connectivity index (χ3n) is 3.81. The van der Waals surface area contributed by atoms with Crippen LogP contribution in [0, 0.1) is 0 Å². The van der Waals surface area contributed by atoms with Gasteiger partial charge in [-0.05, 0) is 44.9 Å². The standard InChI is InChI=1S/C17H22F3N3O2/c1-16(2,3)21-15(25)22(4)10-14(24)23-8-7-11-5-6-12(9-13(11)23)17(18,19)20/h5-6,9H,7-8,10H2,1-4H3,(H,21,25). The van der Waals surface area contributed by atoms with E-state index in [1.54, 1.807) is 0 Å². The quantitative estimate of drug-likeness (QED) is 0.885. The van der Waals surface area contributed by atoms with Crippen LogP contribution in [0.15, 0.2) is 18.2 Å². The van der Waals surface area contributed by atoms with Gasteiger partial charge in [0.05, 0.1) is 5.56 Å². The molecule has 1 N–H and O–H groups in total. The van der Waals surface area contributed by atoms with Crippen LogP contribution in [0.5, 0.6) is 0 Å². The SMILES string of the molecule is CN(CC(=O)N1CCc2ccc(C(F)(F)F)cc21)C(=O)NC(C)(C)C. The van der Waals surface area contributed by atoms with E-state index in [2.05, 4.69) is 5.32 Å². The van der Waals surface area contributed by atoms with E-state index in [1.807, 2.05) is 20.8 Å². The van der Waals surface area contributed by atoms with Gasteiger partial charge in [0.25, 0.3) is 0 Å². The van der Waals surface area contributed by atoms with Gasteiger partial charge in [-0.1, -0.05) is 6.07 Å². The van der Waals surface area contributed by atoms with Gasteiger partial charge in [0.2, 0.25) is 5.91 Å². The Hall–Kier alpha value is -2.25. The smallest absolute Gasteiger partial charge is 0.333 e. The number of urea groups is 1. The van der Waals surface area contributed by atoms with Gasteiger partial charge >= 0.3 is 12.2 Å². The Morgan fingerprint density at radius 3 is 2.44 bits per heavy atom. The first-order valence-electron chi connectivity index (χ1n) is 7.92. The molecule has 1 aliphatic rings. The fourth-order valence-electron chi connectivity index (χ4n) is 2.59. The van der Waals surface area contributed by atoms with Gasteiger partial charge in [0.15, 0.2) is 0 Å². The highest BCUT2D eigenvalue weighted by molar-refractivity contribution is 5.98. The van der Waals surface area contributed by atoms with Crippen LogP contribution in [0.4, 0.5) is 23.7 Å². The second-order valence-electron chi connectivity index (χ2n) is 7.17. The first-order valence-corrected chi connectivity index (χ1v) is 7.92. The van der Waals surface area contributed by atoms with Crippen LogP contribution in [0.2, 0.25) is 0 Å². The average molecular weight is 357 g/mol. The fourth-order valence-corrected chi connectivity index (χ4v) is 2.59. The second-order valence-corrected chi connectivity index (χ2v) is 7.17. The van der Waals surface area contributed by atoms with Crippen molar-refractivity contribution in [1.29, 1.82) is 0 Å². The van der Waals surface area contributed by atoms with Crippen molar-refractivity contribution in [2.24, 2.45) is 0 Å². The number of carbonyl (C=O) groups excluding carboxylic acids is 2. The molecule has 0 saturated heterocycles. The van der Waals surface area contributed by atoms with Crippen molar-refractivity contribution in [2.45, 2.75) is 38.9 Å². The van der Waals surface area contributed by atoms with E-state index >= 15 is 0 Å². The first kappa shape index (κ1) is 19.1. The summed E-state index contributed by atoms with van der Waals surface area (Å²) < 4.78 is 38.7. The largest absolute Gasteiger partial charge is 0.416 e. The van der Waals surface area contributed by atoms with Gasteiger partial charge in [-0.15, -0.1) is 0 Å². The number of alkyl halides is 3. The van der Waals surface area contributed by atoms with Crippen molar-refractivity contribution in [1.82, 2.24) is 10.2 Å². The molecule has 2 rings (SSSR count). The van der Waals surface area contributed by atoms with Crippen molar-refractivity contribution >= 4 is 17.6 Å². The first-order chi connectivity index (χ1) is 11.4. The Morgan fingerprint density at radius 1 is 1.24 bits per heavy atom. The lowest BCUT2D eigenvalue weighted by Crippen LogP contribution is -2.50. The zero-order valence-electron chi connectivity index (χ0n) is 14.7. The summed E-state index contributed by atoms with van der Waals surface area (Å²) in [4.78, 5) is 27.0. The molecule has 1 heterocycles. The number of nitrogens with zero attached hydrogens (tertiary/aromatic N) is 2. The Balaban J connectivity index is 2.12. The van der Waals surface area contributed by atoms with Crippen molar-refractivity contribution in [3.8, 4) is 0 Å². The molecular formula is C17H22F3N3O2. The van der Waals surface area contributed by atoms with Crippen molar-refractivity contribution in [3.05, 3.63) is 29.3 Å². The van der Waals surface area contributed by atoms with E-state index in [0.717, 1.165) is 12.1 Å². The summed E-state index contributed by atoms with van der Waals surface area (Å²) in [6, 6.07) is 3.01. The summed E-state index contributed by atoms with van der Waals surface area (Å²) in [5, 5.41) is 2.73. The lowest BCUT2D eigenvalue weighted by Gasteiger charge is -2.27. The van der Waals surface area contributed by atoms with E-state index in [0.29, 0.717) is 18.5 Å². The molecule has 0 radical (unpaired) electrons. The molecule has 0 unspecified atom stereocenters. The summed E-state index contributed by atoms with van der Waals surface area (Å²) in [6.07, 6.45) is -3.97. The molecule has 0 aliphatic carbocycles. The minimum Gasteiger partial charge on any atom is -0.333 e. The molecule has 3 amide bonds. The maximum absolute atomic E-state index is 12.9. The molecule has 0 aromatic heterocycles. The number of rotatable bonds is 2. The number of halogens is 3. The van der Waals surface area contributed by atoms with Crippen LogP contribution < -0.4 is 10.2 Å². The maximum Gasteiger partial charge on any atom is 0.416 e. The predicted molar refractivity (Wildman–Crippen MR) is 88.4 cm³/mol. The monoisotopic (exact) mass is 357 g/mol. The van der Waals surface area contributed by atoms with Crippen molar-refractivity contribution in [2.75, 3.05) is 25.0 Å². The van der Waals surface area contributed by atoms with Crippen molar-refractivity contribution in [3.63, 3.8) is 0 Å². The zero-order valence-corrected chi connectivity index (χ0v) is 14.7. The van der Waals surface area contributed by atoms with Gasteiger partial charge in [-0.2, -0.15) is 13.2 Å². The molecule has 25 heavy (non-hydrogen) atoms. The van der Waals surface area contributed by atoms with Crippen LogP contribution in [0.1, 0.15) is 31.9 Å². The molecule has 0 fully saturated rings. The number of anilines is 1. The van der Waals surface area contributed by atoms with Gasteiger partial charge in [-0.3, -0.25) is 4.79 Å². The summed E-state index contributed by atoms with van der Waals surface area (Å²) >= 11 is 0. The minimum atomic E-state index is -4.46. The van der Waals surface area contributed by atoms with E-state index in [9.17, 15) is 22.8 Å². The summed E-state index contributed by atoms with van der Waals surface area (Å²) in [6.45, 7) is 5.55.